The van der Waals surface area contributed by atoms with Crippen LogP contribution < -0.4 is 15.6 Å². The van der Waals surface area contributed by atoms with Gasteiger partial charge in [-0.05, 0) is 36.2 Å². The Morgan fingerprint density at radius 1 is 1.00 bits per heavy atom. The molecule has 2 rings (SSSR count). The van der Waals surface area contributed by atoms with Crippen LogP contribution in [0.2, 0.25) is 0 Å². The summed E-state index contributed by atoms with van der Waals surface area (Å²) >= 11 is 1.27. The summed E-state index contributed by atoms with van der Waals surface area (Å²) < 4.78 is 5.41. The highest BCUT2D eigenvalue weighted by atomic mass is 32.2. The van der Waals surface area contributed by atoms with E-state index in [1.165, 1.54) is 22.2 Å². The molecule has 0 aliphatic carbocycles. The van der Waals surface area contributed by atoms with Crippen molar-refractivity contribution in [1.29, 1.82) is 0 Å². The number of carbonyl (C=O) groups is 3. The summed E-state index contributed by atoms with van der Waals surface area (Å²) in [4.78, 5) is 38.3. The molecule has 0 radical (unpaired) electrons. The predicted octanol–water partition coefficient (Wildman–Crippen LogP) is 2.27. The van der Waals surface area contributed by atoms with E-state index in [-0.39, 0.29) is 18.3 Å². The van der Waals surface area contributed by atoms with Gasteiger partial charge >= 0.3 is 0 Å². The summed E-state index contributed by atoms with van der Waals surface area (Å²) in [6.07, 6.45) is 0.926. The van der Waals surface area contributed by atoms with E-state index in [1.807, 2.05) is 12.1 Å². The first-order valence-electron chi connectivity index (χ1n) is 9.13. The molecule has 0 unspecified atom stereocenters. The molecule has 0 fully saturated rings. The highest BCUT2D eigenvalue weighted by Gasteiger charge is 2.14. The van der Waals surface area contributed by atoms with Crippen molar-refractivity contribution in [1.82, 2.24) is 15.8 Å². The number of ether oxygens (including phenoxy) is 1. The quantitative estimate of drug-likeness (QED) is 0.510. The topological polar surface area (TPSA) is 87.7 Å². The molecule has 154 valence electrons. The van der Waals surface area contributed by atoms with E-state index in [0.717, 1.165) is 6.42 Å². The highest BCUT2D eigenvalue weighted by molar-refractivity contribution is 8.00. The zero-order chi connectivity index (χ0) is 21.2. The van der Waals surface area contributed by atoms with Crippen molar-refractivity contribution in [3.8, 4) is 5.75 Å². The predicted molar refractivity (Wildman–Crippen MR) is 113 cm³/mol. The van der Waals surface area contributed by atoms with Gasteiger partial charge in [-0.3, -0.25) is 25.2 Å². The minimum Gasteiger partial charge on any atom is -0.484 e. The lowest BCUT2D eigenvalue weighted by molar-refractivity contribution is -0.126. The molecule has 2 N–H and O–H groups in total. The molecule has 0 bridgehead atoms. The van der Waals surface area contributed by atoms with E-state index < -0.39 is 11.8 Å². The normalized spacial score (nSPS) is 10.2. The minimum absolute atomic E-state index is 0.0531. The van der Waals surface area contributed by atoms with Gasteiger partial charge in [0, 0.05) is 19.0 Å². The van der Waals surface area contributed by atoms with Crippen LogP contribution in [-0.2, 0) is 16.0 Å². The molecule has 0 saturated carbocycles. The van der Waals surface area contributed by atoms with E-state index in [4.69, 9.17) is 4.74 Å². The number of hydrogen-bond donors (Lipinski definition) is 2. The standard InChI is InChI=1S/C21H25N3O4S/c1-4-15-9-11-16(12-10-15)28-13-19(25)22-23-21(27)17-7-5-6-8-18(17)29-14-20(26)24(2)3/h5-12H,4,13-14H2,1-3H3,(H,22,25)(H,23,27). The third-order valence-electron chi connectivity index (χ3n) is 4.00. The van der Waals surface area contributed by atoms with Crippen molar-refractivity contribution in [2.24, 2.45) is 0 Å². The van der Waals surface area contributed by atoms with Crippen molar-refractivity contribution in [3.63, 3.8) is 0 Å². The lowest BCUT2D eigenvalue weighted by Crippen LogP contribution is -2.44. The van der Waals surface area contributed by atoms with Gasteiger partial charge in [0.2, 0.25) is 5.91 Å². The second-order valence-electron chi connectivity index (χ2n) is 6.36. The van der Waals surface area contributed by atoms with Crippen LogP contribution in [0.5, 0.6) is 5.75 Å². The lowest BCUT2D eigenvalue weighted by Gasteiger charge is -2.13. The van der Waals surface area contributed by atoms with Crippen LogP contribution in [0.4, 0.5) is 0 Å². The minimum atomic E-state index is -0.481. The van der Waals surface area contributed by atoms with Crippen LogP contribution in [0.15, 0.2) is 53.4 Å². The second-order valence-corrected chi connectivity index (χ2v) is 7.38. The second kappa shape index (κ2) is 11.1. The maximum atomic E-state index is 12.4. The fraction of sp³-hybridized carbons (Fsp3) is 0.286. The Labute approximate surface area is 174 Å². The number of thioether (sulfide) groups is 1. The molecule has 2 aromatic carbocycles. The Morgan fingerprint density at radius 3 is 2.34 bits per heavy atom. The Hall–Kier alpha value is -3.00. The van der Waals surface area contributed by atoms with E-state index in [2.05, 4.69) is 17.8 Å². The van der Waals surface area contributed by atoms with Crippen LogP contribution in [0.1, 0.15) is 22.8 Å². The van der Waals surface area contributed by atoms with Crippen molar-refractivity contribution in [2.45, 2.75) is 18.2 Å². The molecular weight excluding hydrogens is 390 g/mol. The van der Waals surface area contributed by atoms with Gasteiger partial charge in [-0.2, -0.15) is 0 Å². The van der Waals surface area contributed by atoms with Crippen molar-refractivity contribution in [2.75, 3.05) is 26.5 Å². The Balaban J connectivity index is 1.85. The molecular formula is C21H25N3O4S. The van der Waals surface area contributed by atoms with Gasteiger partial charge in [-0.15, -0.1) is 11.8 Å². The van der Waals surface area contributed by atoms with Gasteiger partial charge in [-0.25, -0.2) is 0 Å². The molecule has 29 heavy (non-hydrogen) atoms. The van der Waals surface area contributed by atoms with Crippen LogP contribution in [0.3, 0.4) is 0 Å². The Kier molecular flexibility index (Phi) is 8.54. The summed E-state index contributed by atoms with van der Waals surface area (Å²) in [6.45, 7) is 1.84. The van der Waals surface area contributed by atoms with Gasteiger partial charge in [0.15, 0.2) is 6.61 Å². The van der Waals surface area contributed by atoms with E-state index in [0.29, 0.717) is 16.2 Å². The number of rotatable bonds is 8. The van der Waals surface area contributed by atoms with E-state index >= 15 is 0 Å². The van der Waals surface area contributed by atoms with Gasteiger partial charge < -0.3 is 9.64 Å². The Morgan fingerprint density at radius 2 is 1.69 bits per heavy atom. The van der Waals surface area contributed by atoms with Crippen LogP contribution >= 0.6 is 11.8 Å². The molecule has 0 heterocycles. The summed E-state index contributed by atoms with van der Waals surface area (Å²) in [5.41, 5.74) is 6.27. The first-order valence-corrected chi connectivity index (χ1v) is 10.1. The van der Waals surface area contributed by atoms with Gasteiger partial charge in [0.05, 0.1) is 11.3 Å². The summed E-state index contributed by atoms with van der Waals surface area (Å²) in [5.74, 6) is -0.204. The molecule has 0 spiro atoms. The number of hydrogen-bond acceptors (Lipinski definition) is 5. The third-order valence-corrected chi connectivity index (χ3v) is 5.06. The molecule has 0 aliphatic rings. The molecule has 0 saturated heterocycles. The third kappa shape index (κ3) is 7.15. The number of hydrazine groups is 1. The smallest absolute Gasteiger partial charge is 0.276 e. The fourth-order valence-corrected chi connectivity index (χ4v) is 3.28. The van der Waals surface area contributed by atoms with Crippen molar-refractivity contribution < 1.29 is 19.1 Å². The monoisotopic (exact) mass is 415 g/mol. The molecule has 7 nitrogen and oxygen atoms in total. The molecule has 0 atom stereocenters. The van der Waals surface area contributed by atoms with Gasteiger partial charge in [-0.1, -0.05) is 31.2 Å². The molecule has 3 amide bonds. The Bertz CT molecular complexity index is 853. The number of aryl methyl sites for hydroxylation is 1. The molecule has 0 aliphatic heterocycles. The van der Waals surface area contributed by atoms with Crippen LogP contribution in [-0.4, -0.2) is 49.1 Å². The zero-order valence-electron chi connectivity index (χ0n) is 16.7. The van der Waals surface area contributed by atoms with Crippen LogP contribution in [0, 0.1) is 0 Å². The average molecular weight is 416 g/mol. The first kappa shape index (κ1) is 22.3. The van der Waals surface area contributed by atoms with E-state index in [9.17, 15) is 14.4 Å². The zero-order valence-corrected chi connectivity index (χ0v) is 17.5. The van der Waals surface area contributed by atoms with E-state index in [1.54, 1.807) is 50.5 Å². The maximum absolute atomic E-state index is 12.4. The number of carbonyl (C=O) groups excluding carboxylic acids is 3. The van der Waals surface area contributed by atoms with Crippen molar-refractivity contribution >= 4 is 29.5 Å². The van der Waals surface area contributed by atoms with Gasteiger partial charge in [0.1, 0.15) is 5.75 Å². The molecule has 8 heteroatoms. The first-order chi connectivity index (χ1) is 13.9. The summed E-state index contributed by atoms with van der Waals surface area (Å²) in [6, 6.07) is 14.4. The number of nitrogens with one attached hydrogen (secondary N) is 2. The maximum Gasteiger partial charge on any atom is 0.276 e. The number of amides is 3. The highest BCUT2D eigenvalue weighted by Crippen LogP contribution is 2.22. The van der Waals surface area contributed by atoms with Crippen LogP contribution in [0.25, 0.3) is 0 Å². The number of nitrogens with zero attached hydrogens (tertiary/aromatic N) is 1. The largest absolute Gasteiger partial charge is 0.484 e. The fourth-order valence-electron chi connectivity index (χ4n) is 2.25. The molecule has 0 aromatic heterocycles. The average Bonchev–Trinajstić information content (AvgIpc) is 2.74. The lowest BCUT2D eigenvalue weighted by atomic mass is 10.2. The molecule has 2 aromatic rings. The SMILES string of the molecule is CCc1ccc(OCC(=O)NNC(=O)c2ccccc2SCC(=O)N(C)C)cc1. The summed E-state index contributed by atoms with van der Waals surface area (Å²) in [5, 5.41) is 0. The van der Waals surface area contributed by atoms with Gasteiger partial charge in [0.25, 0.3) is 11.8 Å². The summed E-state index contributed by atoms with van der Waals surface area (Å²) in [7, 11) is 3.36. The van der Waals surface area contributed by atoms with Crippen molar-refractivity contribution in [3.05, 3.63) is 59.7 Å². The number of benzene rings is 2.